The Labute approximate surface area is 99.6 Å². The summed E-state index contributed by atoms with van der Waals surface area (Å²) in [6.07, 6.45) is 8.97. The van der Waals surface area contributed by atoms with Gasteiger partial charge < -0.3 is 0 Å². The Hall–Kier alpha value is -0.550. The van der Waals surface area contributed by atoms with E-state index in [1.165, 1.54) is 51.6 Å². The monoisotopic (exact) mass is 220 g/mol. The van der Waals surface area contributed by atoms with Crippen molar-refractivity contribution in [3.8, 4) is 6.07 Å². The SMILES string of the molecule is CC1CCN(C2CCCCCC2C#N)CC1. The number of nitriles is 1. The molecular formula is C14H24N2. The van der Waals surface area contributed by atoms with Crippen LogP contribution >= 0.6 is 0 Å². The van der Waals surface area contributed by atoms with E-state index in [0.717, 1.165) is 12.3 Å². The van der Waals surface area contributed by atoms with Crippen molar-refractivity contribution in [2.75, 3.05) is 13.1 Å². The summed E-state index contributed by atoms with van der Waals surface area (Å²) >= 11 is 0. The van der Waals surface area contributed by atoms with Crippen LogP contribution in [0.15, 0.2) is 0 Å². The van der Waals surface area contributed by atoms with E-state index in [1.54, 1.807) is 0 Å². The molecule has 1 aliphatic heterocycles. The summed E-state index contributed by atoms with van der Waals surface area (Å²) < 4.78 is 0. The Morgan fingerprint density at radius 1 is 1.00 bits per heavy atom. The summed E-state index contributed by atoms with van der Waals surface area (Å²) in [6, 6.07) is 3.13. The third kappa shape index (κ3) is 2.77. The molecular weight excluding hydrogens is 196 g/mol. The number of hydrogen-bond donors (Lipinski definition) is 0. The zero-order valence-corrected chi connectivity index (χ0v) is 10.5. The fourth-order valence-corrected chi connectivity index (χ4v) is 3.24. The average Bonchev–Trinajstić information content (AvgIpc) is 2.55. The van der Waals surface area contributed by atoms with Crippen molar-refractivity contribution >= 4 is 0 Å². The molecule has 16 heavy (non-hydrogen) atoms. The van der Waals surface area contributed by atoms with E-state index >= 15 is 0 Å². The summed E-state index contributed by atoms with van der Waals surface area (Å²) in [6.45, 7) is 4.81. The molecule has 2 unspecified atom stereocenters. The zero-order chi connectivity index (χ0) is 11.4. The van der Waals surface area contributed by atoms with Crippen molar-refractivity contribution in [3.05, 3.63) is 0 Å². The molecule has 1 aliphatic carbocycles. The van der Waals surface area contributed by atoms with E-state index in [4.69, 9.17) is 0 Å². The Bertz CT molecular complexity index is 248. The van der Waals surface area contributed by atoms with Gasteiger partial charge >= 0.3 is 0 Å². The topological polar surface area (TPSA) is 27.0 Å². The predicted molar refractivity (Wildman–Crippen MR) is 65.9 cm³/mol. The van der Waals surface area contributed by atoms with E-state index in [2.05, 4.69) is 17.9 Å². The summed E-state index contributed by atoms with van der Waals surface area (Å²) in [7, 11) is 0. The van der Waals surface area contributed by atoms with Gasteiger partial charge in [0, 0.05) is 6.04 Å². The van der Waals surface area contributed by atoms with Crippen molar-refractivity contribution in [3.63, 3.8) is 0 Å². The lowest BCUT2D eigenvalue weighted by Gasteiger charge is -2.38. The van der Waals surface area contributed by atoms with Crippen LogP contribution in [-0.4, -0.2) is 24.0 Å². The van der Waals surface area contributed by atoms with Gasteiger partial charge in [0.25, 0.3) is 0 Å². The molecule has 2 atom stereocenters. The van der Waals surface area contributed by atoms with Crippen LogP contribution in [0, 0.1) is 23.2 Å². The number of nitrogens with zero attached hydrogens (tertiary/aromatic N) is 2. The van der Waals surface area contributed by atoms with Crippen LogP contribution in [0.1, 0.15) is 51.9 Å². The molecule has 0 aromatic heterocycles. The first-order valence-corrected chi connectivity index (χ1v) is 6.95. The average molecular weight is 220 g/mol. The lowest BCUT2D eigenvalue weighted by Crippen LogP contribution is -2.44. The van der Waals surface area contributed by atoms with Gasteiger partial charge in [-0.3, -0.25) is 4.90 Å². The molecule has 0 bridgehead atoms. The summed E-state index contributed by atoms with van der Waals surface area (Å²) in [5, 5.41) is 9.29. The van der Waals surface area contributed by atoms with Crippen molar-refractivity contribution in [1.82, 2.24) is 4.90 Å². The van der Waals surface area contributed by atoms with Gasteiger partial charge in [0.2, 0.25) is 0 Å². The molecule has 0 amide bonds. The Morgan fingerprint density at radius 3 is 2.38 bits per heavy atom. The number of rotatable bonds is 1. The second kappa shape index (κ2) is 5.68. The molecule has 0 N–H and O–H groups in total. The molecule has 1 saturated carbocycles. The molecule has 0 aromatic rings. The molecule has 0 spiro atoms. The smallest absolute Gasteiger partial charge is 0.0672 e. The van der Waals surface area contributed by atoms with Crippen molar-refractivity contribution in [2.24, 2.45) is 11.8 Å². The maximum absolute atomic E-state index is 9.29. The lowest BCUT2D eigenvalue weighted by molar-refractivity contribution is 0.108. The second-order valence-electron chi connectivity index (χ2n) is 5.66. The van der Waals surface area contributed by atoms with Crippen LogP contribution in [0.4, 0.5) is 0 Å². The first-order chi connectivity index (χ1) is 7.81. The van der Waals surface area contributed by atoms with Crippen LogP contribution in [0.3, 0.4) is 0 Å². The second-order valence-corrected chi connectivity index (χ2v) is 5.66. The Balaban J connectivity index is 1.97. The van der Waals surface area contributed by atoms with Crippen LogP contribution in [0.25, 0.3) is 0 Å². The summed E-state index contributed by atoms with van der Waals surface area (Å²) in [5.74, 6) is 1.19. The highest BCUT2D eigenvalue weighted by molar-refractivity contribution is 4.95. The van der Waals surface area contributed by atoms with E-state index in [1.807, 2.05) is 0 Å². The standard InChI is InChI=1S/C14H24N2/c1-12-7-9-16(10-8-12)14-6-4-2-3-5-13(14)11-15/h12-14H,2-10H2,1H3. The van der Waals surface area contributed by atoms with Gasteiger partial charge in [-0.2, -0.15) is 5.26 Å². The van der Waals surface area contributed by atoms with Crippen LogP contribution < -0.4 is 0 Å². The van der Waals surface area contributed by atoms with Crippen molar-refractivity contribution in [1.29, 1.82) is 5.26 Å². The molecule has 0 aromatic carbocycles. The van der Waals surface area contributed by atoms with Gasteiger partial charge in [0.1, 0.15) is 0 Å². The number of hydrogen-bond acceptors (Lipinski definition) is 2. The molecule has 90 valence electrons. The minimum absolute atomic E-state index is 0.302. The first kappa shape index (κ1) is 11.9. The maximum atomic E-state index is 9.29. The molecule has 2 nitrogen and oxygen atoms in total. The largest absolute Gasteiger partial charge is 0.299 e. The van der Waals surface area contributed by atoms with Gasteiger partial charge in [-0.1, -0.05) is 26.2 Å². The molecule has 0 radical (unpaired) electrons. The van der Waals surface area contributed by atoms with Crippen molar-refractivity contribution in [2.45, 2.75) is 57.9 Å². The van der Waals surface area contributed by atoms with Crippen LogP contribution in [-0.2, 0) is 0 Å². The number of likely N-dealkylation sites (tertiary alicyclic amines) is 1. The highest BCUT2D eigenvalue weighted by atomic mass is 15.2. The zero-order valence-electron chi connectivity index (χ0n) is 10.5. The highest BCUT2D eigenvalue weighted by Crippen LogP contribution is 2.29. The van der Waals surface area contributed by atoms with Crippen molar-refractivity contribution < 1.29 is 0 Å². The fourth-order valence-electron chi connectivity index (χ4n) is 3.24. The molecule has 2 rings (SSSR count). The van der Waals surface area contributed by atoms with Crippen LogP contribution in [0.2, 0.25) is 0 Å². The van der Waals surface area contributed by atoms with Gasteiger partial charge in [0.15, 0.2) is 0 Å². The third-order valence-electron chi connectivity index (χ3n) is 4.43. The molecule has 2 aliphatic rings. The Kier molecular flexibility index (Phi) is 4.23. The highest BCUT2D eigenvalue weighted by Gasteiger charge is 2.30. The van der Waals surface area contributed by atoms with E-state index < -0.39 is 0 Å². The normalized spacial score (nSPS) is 34.2. The molecule has 2 fully saturated rings. The van der Waals surface area contributed by atoms with E-state index in [9.17, 15) is 5.26 Å². The Morgan fingerprint density at radius 2 is 1.69 bits per heavy atom. The summed E-state index contributed by atoms with van der Waals surface area (Å²) in [5.41, 5.74) is 0. The van der Waals surface area contributed by atoms with E-state index in [-0.39, 0.29) is 0 Å². The van der Waals surface area contributed by atoms with Gasteiger partial charge in [-0.05, 0) is 44.7 Å². The van der Waals surface area contributed by atoms with Gasteiger partial charge in [0.05, 0.1) is 12.0 Å². The van der Waals surface area contributed by atoms with E-state index in [0.29, 0.717) is 12.0 Å². The number of piperidine rings is 1. The fraction of sp³-hybridized carbons (Fsp3) is 0.929. The van der Waals surface area contributed by atoms with Gasteiger partial charge in [-0.25, -0.2) is 0 Å². The lowest BCUT2D eigenvalue weighted by atomic mass is 9.91. The molecule has 1 saturated heterocycles. The maximum Gasteiger partial charge on any atom is 0.0672 e. The first-order valence-electron chi connectivity index (χ1n) is 6.95. The van der Waals surface area contributed by atoms with Gasteiger partial charge in [-0.15, -0.1) is 0 Å². The minimum Gasteiger partial charge on any atom is -0.299 e. The molecule has 2 heteroatoms. The van der Waals surface area contributed by atoms with Crippen LogP contribution in [0.5, 0.6) is 0 Å². The minimum atomic E-state index is 0.302. The third-order valence-corrected chi connectivity index (χ3v) is 4.43. The molecule has 1 heterocycles. The quantitative estimate of drug-likeness (QED) is 0.635. The summed E-state index contributed by atoms with van der Waals surface area (Å²) in [4.78, 5) is 2.61. The predicted octanol–water partition coefficient (Wildman–Crippen LogP) is 3.19.